The van der Waals surface area contributed by atoms with Crippen LogP contribution in [0.2, 0.25) is 5.02 Å². The Kier molecular flexibility index (Phi) is 6.60. The van der Waals surface area contributed by atoms with Crippen molar-refractivity contribution in [3.05, 3.63) is 69.6 Å². The van der Waals surface area contributed by atoms with Crippen LogP contribution in [-0.2, 0) is 9.59 Å². The number of imide groups is 1. The molecule has 34 heavy (non-hydrogen) atoms. The normalized spacial score (nSPS) is 18.3. The van der Waals surface area contributed by atoms with Crippen molar-refractivity contribution in [2.75, 3.05) is 23.3 Å². The van der Waals surface area contributed by atoms with Gasteiger partial charge in [0.15, 0.2) is 0 Å². The summed E-state index contributed by atoms with van der Waals surface area (Å²) in [6.07, 6.45) is 3.85. The fourth-order valence-corrected chi connectivity index (χ4v) is 5.49. The highest BCUT2D eigenvalue weighted by Crippen LogP contribution is 2.42. The molecule has 8 heteroatoms. The van der Waals surface area contributed by atoms with E-state index in [-0.39, 0.29) is 17.0 Å². The maximum Gasteiger partial charge on any atom is 0.294 e. The van der Waals surface area contributed by atoms with Crippen LogP contribution < -0.4 is 10.2 Å². The topological polar surface area (TPSA) is 69.7 Å². The van der Waals surface area contributed by atoms with E-state index >= 15 is 0 Å². The summed E-state index contributed by atoms with van der Waals surface area (Å²) in [6.45, 7) is 8.96. The maximum atomic E-state index is 12.9. The van der Waals surface area contributed by atoms with Crippen LogP contribution in [-0.4, -0.2) is 40.6 Å². The molecule has 2 aromatic carbocycles. The number of amides is 3. The molecule has 0 aliphatic carbocycles. The van der Waals surface area contributed by atoms with Crippen molar-refractivity contribution in [3.8, 4) is 0 Å². The van der Waals surface area contributed by atoms with E-state index < -0.39 is 17.1 Å². The number of thioether (sulfide) groups is 1. The number of halogens is 1. The third-order valence-corrected chi connectivity index (χ3v) is 7.17. The molecule has 0 atom stereocenters. The molecular weight excluding hydrogens is 470 g/mol. The lowest BCUT2D eigenvalue weighted by Crippen LogP contribution is -2.44. The average Bonchev–Trinajstić information content (AvgIpc) is 3.02. The second kappa shape index (κ2) is 9.31. The van der Waals surface area contributed by atoms with Gasteiger partial charge in [0.2, 0.25) is 5.91 Å². The average molecular weight is 496 g/mol. The summed E-state index contributed by atoms with van der Waals surface area (Å²) in [7, 11) is 0. The third-order valence-electron chi connectivity index (χ3n) is 5.93. The van der Waals surface area contributed by atoms with Crippen LogP contribution in [0.1, 0.15) is 38.8 Å². The van der Waals surface area contributed by atoms with Gasteiger partial charge >= 0.3 is 0 Å². The minimum absolute atomic E-state index is 0.139. The van der Waals surface area contributed by atoms with Gasteiger partial charge in [0.25, 0.3) is 11.1 Å². The fourth-order valence-electron chi connectivity index (χ4n) is 4.45. The van der Waals surface area contributed by atoms with Crippen LogP contribution in [0.25, 0.3) is 11.6 Å². The van der Waals surface area contributed by atoms with Crippen molar-refractivity contribution >= 4 is 63.4 Å². The minimum Gasteiger partial charge on any atom is -0.363 e. The molecule has 0 aromatic heterocycles. The molecule has 0 saturated carbocycles. The van der Waals surface area contributed by atoms with Gasteiger partial charge in [-0.15, -0.1) is 0 Å². The molecule has 6 nitrogen and oxygen atoms in total. The molecule has 0 bridgehead atoms. The van der Waals surface area contributed by atoms with Gasteiger partial charge in [-0.05, 0) is 80.9 Å². The monoisotopic (exact) mass is 495 g/mol. The Balaban J connectivity index is 1.58. The summed E-state index contributed by atoms with van der Waals surface area (Å²) in [5.41, 5.74) is 4.33. The highest BCUT2D eigenvalue weighted by atomic mass is 35.5. The molecule has 4 rings (SSSR count). The lowest BCUT2D eigenvalue weighted by molar-refractivity contribution is -0.127. The molecule has 2 aliphatic heterocycles. The number of rotatable bonds is 5. The second-order valence-corrected chi connectivity index (χ2v) is 10.2. The maximum absolute atomic E-state index is 12.9. The van der Waals surface area contributed by atoms with Crippen LogP contribution in [0.15, 0.2) is 53.4 Å². The SMILES string of the molecule is CCN1c2cc(Cl)c(/C=C3/SC(=O)N(CC(=O)Nc4ccccc4)C3=O)cc2C(C)=CC1(C)C. The molecular formula is C26H26ClN3O3S. The number of benzene rings is 2. The lowest BCUT2D eigenvalue weighted by Gasteiger charge is -2.43. The number of nitrogens with zero attached hydrogens (tertiary/aromatic N) is 2. The minimum atomic E-state index is -0.504. The molecule has 176 valence electrons. The van der Waals surface area contributed by atoms with Crippen LogP contribution in [0.5, 0.6) is 0 Å². The van der Waals surface area contributed by atoms with Gasteiger partial charge in [0, 0.05) is 28.5 Å². The Morgan fingerprint density at radius 3 is 2.56 bits per heavy atom. The van der Waals surface area contributed by atoms with Crippen LogP contribution in [0.3, 0.4) is 0 Å². The fraction of sp³-hybridized carbons (Fsp3) is 0.269. The Morgan fingerprint density at radius 1 is 1.18 bits per heavy atom. The van der Waals surface area contributed by atoms with E-state index in [1.807, 2.05) is 18.2 Å². The van der Waals surface area contributed by atoms with Gasteiger partial charge in [0.05, 0.1) is 10.4 Å². The number of hydrogen-bond donors (Lipinski definition) is 1. The van der Waals surface area contributed by atoms with E-state index in [9.17, 15) is 14.4 Å². The quantitative estimate of drug-likeness (QED) is 0.512. The van der Waals surface area contributed by atoms with Crippen LogP contribution in [0.4, 0.5) is 16.2 Å². The van der Waals surface area contributed by atoms with Crippen molar-refractivity contribution in [3.63, 3.8) is 0 Å². The van der Waals surface area contributed by atoms with Crippen LogP contribution in [0, 0.1) is 0 Å². The highest BCUT2D eigenvalue weighted by molar-refractivity contribution is 8.18. The van der Waals surface area contributed by atoms with Gasteiger partial charge in [-0.1, -0.05) is 35.9 Å². The van der Waals surface area contributed by atoms with Crippen molar-refractivity contribution < 1.29 is 14.4 Å². The molecule has 0 unspecified atom stereocenters. The summed E-state index contributed by atoms with van der Waals surface area (Å²) >= 11 is 7.44. The van der Waals surface area contributed by atoms with Crippen molar-refractivity contribution in [1.82, 2.24) is 4.90 Å². The Morgan fingerprint density at radius 2 is 1.88 bits per heavy atom. The van der Waals surface area contributed by atoms with E-state index in [1.54, 1.807) is 30.3 Å². The number of anilines is 2. The number of para-hydroxylation sites is 1. The zero-order chi connectivity index (χ0) is 24.6. The van der Waals surface area contributed by atoms with Gasteiger partial charge in [-0.2, -0.15) is 0 Å². The standard InChI is InChI=1S/C26H26ClN3O3S/c1-5-30-21-13-20(27)17(11-19(21)16(2)14-26(30,3)4)12-22-24(32)29(25(33)34-22)15-23(31)28-18-9-7-6-8-10-18/h6-14H,5,15H2,1-4H3,(H,28,31)/b22-12+. The zero-order valence-corrected chi connectivity index (χ0v) is 21.1. The molecule has 1 N–H and O–H groups in total. The molecule has 0 radical (unpaired) electrons. The predicted molar refractivity (Wildman–Crippen MR) is 140 cm³/mol. The predicted octanol–water partition coefficient (Wildman–Crippen LogP) is 6.04. The van der Waals surface area contributed by atoms with Crippen molar-refractivity contribution in [2.45, 2.75) is 33.2 Å². The van der Waals surface area contributed by atoms with E-state index in [0.29, 0.717) is 16.3 Å². The molecule has 1 fully saturated rings. The first-order valence-corrected chi connectivity index (χ1v) is 12.2. The Labute approximate surface area is 208 Å². The highest BCUT2D eigenvalue weighted by Gasteiger charge is 2.37. The number of allylic oxidation sites excluding steroid dienone is 1. The van der Waals surface area contributed by atoms with E-state index in [2.05, 4.69) is 44.0 Å². The van der Waals surface area contributed by atoms with Crippen molar-refractivity contribution in [1.29, 1.82) is 0 Å². The van der Waals surface area contributed by atoms with Gasteiger partial charge in [-0.3, -0.25) is 19.3 Å². The first kappa shape index (κ1) is 24.1. The number of hydrogen-bond acceptors (Lipinski definition) is 5. The molecule has 2 aliphatic rings. The summed E-state index contributed by atoms with van der Waals surface area (Å²) in [5.74, 6) is -0.944. The Hall–Kier alpha value is -3.03. The Bertz CT molecular complexity index is 1240. The van der Waals surface area contributed by atoms with E-state index in [0.717, 1.165) is 40.0 Å². The number of nitrogens with one attached hydrogen (secondary N) is 1. The number of carbonyl (C=O) groups is 3. The molecule has 2 aromatic rings. The zero-order valence-electron chi connectivity index (χ0n) is 19.5. The lowest BCUT2D eigenvalue weighted by atomic mass is 9.88. The number of carbonyl (C=O) groups excluding carboxylic acids is 3. The summed E-state index contributed by atoms with van der Waals surface area (Å²) in [5, 5.41) is 2.71. The summed E-state index contributed by atoms with van der Waals surface area (Å²) < 4.78 is 0. The van der Waals surface area contributed by atoms with E-state index in [1.165, 1.54) is 0 Å². The van der Waals surface area contributed by atoms with E-state index in [4.69, 9.17) is 11.6 Å². The summed E-state index contributed by atoms with van der Waals surface area (Å²) in [6, 6.07) is 12.8. The second-order valence-electron chi connectivity index (χ2n) is 8.80. The third kappa shape index (κ3) is 4.63. The molecule has 3 amide bonds. The first-order valence-electron chi connectivity index (χ1n) is 11.0. The van der Waals surface area contributed by atoms with Gasteiger partial charge < -0.3 is 10.2 Å². The largest absolute Gasteiger partial charge is 0.363 e. The smallest absolute Gasteiger partial charge is 0.294 e. The molecule has 0 spiro atoms. The van der Waals surface area contributed by atoms with Crippen molar-refractivity contribution in [2.24, 2.45) is 0 Å². The summed E-state index contributed by atoms with van der Waals surface area (Å²) in [4.78, 5) is 41.3. The molecule has 2 heterocycles. The number of likely N-dealkylation sites (N-methyl/N-ethyl adjacent to an activating group) is 1. The van der Waals surface area contributed by atoms with Gasteiger partial charge in [-0.25, -0.2) is 0 Å². The number of fused-ring (bicyclic) bond motifs is 1. The van der Waals surface area contributed by atoms with Gasteiger partial charge in [0.1, 0.15) is 6.54 Å². The first-order chi connectivity index (χ1) is 16.1. The van der Waals surface area contributed by atoms with Crippen LogP contribution >= 0.6 is 23.4 Å². The molecule has 1 saturated heterocycles.